The molecule has 0 aliphatic heterocycles. The van der Waals surface area contributed by atoms with Gasteiger partial charge in [0.25, 0.3) is 0 Å². The Balaban J connectivity index is 2.04. The van der Waals surface area contributed by atoms with Crippen molar-refractivity contribution in [2.24, 2.45) is 5.92 Å². The van der Waals surface area contributed by atoms with Crippen LogP contribution >= 0.6 is 11.5 Å². The second-order valence-corrected chi connectivity index (χ2v) is 4.39. The fraction of sp³-hybridized carbons (Fsp3) is 0.444. The van der Waals surface area contributed by atoms with Gasteiger partial charge in [0.2, 0.25) is 11.0 Å². The molecular weight excluding hydrogens is 210 g/mol. The molecule has 0 radical (unpaired) electrons. The molecule has 2 aromatic heterocycles. The van der Waals surface area contributed by atoms with Gasteiger partial charge in [-0.3, -0.25) is 0 Å². The Morgan fingerprint density at radius 2 is 2.40 bits per heavy atom. The Labute approximate surface area is 92.1 Å². The summed E-state index contributed by atoms with van der Waals surface area (Å²) in [6.45, 7) is 5.22. The highest BCUT2D eigenvalue weighted by atomic mass is 32.1. The van der Waals surface area contributed by atoms with Crippen LogP contribution < -0.4 is 5.32 Å². The van der Waals surface area contributed by atoms with Crippen LogP contribution in [-0.4, -0.2) is 25.9 Å². The lowest BCUT2D eigenvalue weighted by Crippen LogP contribution is -2.07. The van der Waals surface area contributed by atoms with E-state index in [9.17, 15) is 0 Å². The van der Waals surface area contributed by atoms with Crippen molar-refractivity contribution in [1.29, 1.82) is 0 Å². The molecule has 0 aliphatic rings. The molecule has 15 heavy (non-hydrogen) atoms. The molecule has 0 unspecified atom stereocenters. The molecule has 2 N–H and O–H groups in total. The zero-order chi connectivity index (χ0) is 10.7. The minimum absolute atomic E-state index is 0.598. The maximum atomic E-state index is 4.33. The van der Waals surface area contributed by atoms with E-state index >= 15 is 0 Å². The molecule has 0 spiro atoms. The van der Waals surface area contributed by atoms with Gasteiger partial charge < -0.3 is 10.3 Å². The van der Waals surface area contributed by atoms with Crippen LogP contribution in [0, 0.1) is 5.92 Å². The second-order valence-electron chi connectivity index (χ2n) is 3.64. The third-order valence-corrected chi connectivity index (χ3v) is 2.47. The van der Waals surface area contributed by atoms with Crippen LogP contribution in [0.15, 0.2) is 12.4 Å². The molecule has 0 aliphatic carbocycles. The monoisotopic (exact) mass is 223 g/mol. The van der Waals surface area contributed by atoms with Gasteiger partial charge in [0.1, 0.15) is 0 Å². The first-order valence-corrected chi connectivity index (χ1v) is 5.60. The molecule has 2 rings (SSSR count). The van der Waals surface area contributed by atoms with Crippen molar-refractivity contribution >= 4 is 16.7 Å². The molecule has 2 aromatic rings. The Kier molecular flexibility index (Phi) is 2.96. The zero-order valence-electron chi connectivity index (χ0n) is 8.69. The molecule has 0 aromatic carbocycles. The van der Waals surface area contributed by atoms with Gasteiger partial charge in [-0.05, 0) is 5.92 Å². The third kappa shape index (κ3) is 2.53. The number of nitrogens with zero attached hydrogens (tertiary/aromatic N) is 3. The van der Waals surface area contributed by atoms with Crippen molar-refractivity contribution in [2.75, 3.05) is 11.9 Å². The lowest BCUT2D eigenvalue weighted by molar-refractivity contribution is 0.688. The van der Waals surface area contributed by atoms with Crippen LogP contribution in [0.1, 0.15) is 13.8 Å². The van der Waals surface area contributed by atoms with Crippen molar-refractivity contribution in [2.45, 2.75) is 13.8 Å². The van der Waals surface area contributed by atoms with Crippen LogP contribution in [0.25, 0.3) is 11.6 Å². The Bertz CT molecular complexity index is 406. The number of imidazole rings is 1. The summed E-state index contributed by atoms with van der Waals surface area (Å²) < 4.78 is 4.21. The van der Waals surface area contributed by atoms with Crippen LogP contribution in [0.2, 0.25) is 0 Å². The van der Waals surface area contributed by atoms with E-state index in [2.05, 4.69) is 38.5 Å². The summed E-state index contributed by atoms with van der Waals surface area (Å²) in [7, 11) is 0. The summed E-state index contributed by atoms with van der Waals surface area (Å²) in [5.74, 6) is 1.96. The number of rotatable bonds is 4. The van der Waals surface area contributed by atoms with Crippen molar-refractivity contribution in [3.05, 3.63) is 12.4 Å². The summed E-state index contributed by atoms with van der Waals surface area (Å²) in [4.78, 5) is 11.4. The first-order chi connectivity index (χ1) is 7.25. The average molecular weight is 223 g/mol. The summed E-state index contributed by atoms with van der Waals surface area (Å²) in [5, 5.41) is 4.07. The van der Waals surface area contributed by atoms with Gasteiger partial charge in [-0.25, -0.2) is 4.98 Å². The van der Waals surface area contributed by atoms with Crippen LogP contribution in [0.5, 0.6) is 0 Å². The van der Waals surface area contributed by atoms with Gasteiger partial charge in [-0.15, -0.1) is 0 Å². The molecule has 0 atom stereocenters. The third-order valence-electron chi connectivity index (χ3n) is 1.80. The van der Waals surface area contributed by atoms with Crippen molar-refractivity contribution < 1.29 is 0 Å². The first kappa shape index (κ1) is 10.1. The van der Waals surface area contributed by atoms with Gasteiger partial charge in [0, 0.05) is 30.5 Å². The molecular formula is C9H13N5S. The lowest BCUT2D eigenvalue weighted by Gasteiger charge is -2.03. The van der Waals surface area contributed by atoms with E-state index < -0.39 is 0 Å². The topological polar surface area (TPSA) is 66.5 Å². The molecule has 0 bridgehead atoms. The summed E-state index contributed by atoms with van der Waals surface area (Å²) in [6.07, 6.45) is 3.45. The molecule has 0 saturated carbocycles. The molecule has 0 amide bonds. The smallest absolute Gasteiger partial charge is 0.210 e. The highest BCUT2D eigenvalue weighted by Crippen LogP contribution is 2.17. The minimum Gasteiger partial charge on any atom is -0.360 e. The Hall–Kier alpha value is -1.43. The average Bonchev–Trinajstić information content (AvgIpc) is 2.85. The number of nitrogens with one attached hydrogen (secondary N) is 2. The molecule has 6 heteroatoms. The predicted octanol–water partition coefficient (Wildman–Crippen LogP) is 2.00. The van der Waals surface area contributed by atoms with Gasteiger partial charge in [0.05, 0.1) is 0 Å². The fourth-order valence-electron chi connectivity index (χ4n) is 1.07. The fourth-order valence-corrected chi connectivity index (χ4v) is 1.65. The largest absolute Gasteiger partial charge is 0.360 e. The Morgan fingerprint density at radius 1 is 1.53 bits per heavy atom. The SMILES string of the molecule is CC(C)CNc1nc(-c2ncc[nH]2)ns1. The van der Waals surface area contributed by atoms with Crippen LogP contribution in [0.3, 0.4) is 0 Å². The normalized spacial score (nSPS) is 10.9. The van der Waals surface area contributed by atoms with E-state index in [0.29, 0.717) is 17.6 Å². The Morgan fingerprint density at radius 3 is 3.07 bits per heavy atom. The van der Waals surface area contributed by atoms with E-state index in [4.69, 9.17) is 0 Å². The lowest BCUT2D eigenvalue weighted by atomic mass is 10.2. The molecule has 5 nitrogen and oxygen atoms in total. The first-order valence-electron chi connectivity index (χ1n) is 4.83. The van der Waals surface area contributed by atoms with E-state index in [1.807, 2.05) is 0 Å². The highest BCUT2D eigenvalue weighted by Gasteiger charge is 2.07. The summed E-state index contributed by atoms with van der Waals surface area (Å²) in [6, 6.07) is 0. The van der Waals surface area contributed by atoms with Gasteiger partial charge in [-0.2, -0.15) is 9.36 Å². The summed E-state index contributed by atoms with van der Waals surface area (Å²) >= 11 is 1.36. The standard InChI is InChI=1S/C9H13N5S/c1-6(2)5-12-9-13-8(14-15-9)7-10-3-4-11-7/h3-4,6H,5H2,1-2H3,(H,10,11)(H,12,13,14). The van der Waals surface area contributed by atoms with E-state index in [0.717, 1.165) is 11.7 Å². The quantitative estimate of drug-likeness (QED) is 0.832. The molecule has 80 valence electrons. The van der Waals surface area contributed by atoms with Gasteiger partial charge >= 0.3 is 0 Å². The van der Waals surface area contributed by atoms with Crippen LogP contribution in [0.4, 0.5) is 5.13 Å². The van der Waals surface area contributed by atoms with E-state index in [1.165, 1.54) is 11.5 Å². The number of hydrogen-bond acceptors (Lipinski definition) is 5. The molecule has 0 saturated heterocycles. The maximum absolute atomic E-state index is 4.33. The zero-order valence-corrected chi connectivity index (χ0v) is 9.51. The summed E-state index contributed by atoms with van der Waals surface area (Å²) in [5.41, 5.74) is 0. The number of hydrogen-bond donors (Lipinski definition) is 2. The second kappa shape index (κ2) is 4.39. The number of anilines is 1. The van der Waals surface area contributed by atoms with Gasteiger partial charge in [0.15, 0.2) is 5.82 Å². The molecule has 0 fully saturated rings. The van der Waals surface area contributed by atoms with E-state index in [1.54, 1.807) is 12.4 Å². The number of H-pyrrole nitrogens is 1. The van der Waals surface area contributed by atoms with Crippen LogP contribution in [-0.2, 0) is 0 Å². The highest BCUT2D eigenvalue weighted by molar-refractivity contribution is 7.09. The van der Waals surface area contributed by atoms with Gasteiger partial charge in [-0.1, -0.05) is 13.8 Å². The van der Waals surface area contributed by atoms with Crippen molar-refractivity contribution in [3.8, 4) is 11.6 Å². The van der Waals surface area contributed by atoms with Crippen molar-refractivity contribution in [1.82, 2.24) is 19.3 Å². The van der Waals surface area contributed by atoms with E-state index in [-0.39, 0.29) is 0 Å². The minimum atomic E-state index is 0.598. The maximum Gasteiger partial charge on any atom is 0.210 e. The predicted molar refractivity (Wildman–Crippen MR) is 60.8 cm³/mol. The number of aromatic nitrogens is 4. The van der Waals surface area contributed by atoms with Crippen molar-refractivity contribution in [3.63, 3.8) is 0 Å². The number of aromatic amines is 1. The molecule has 2 heterocycles.